The van der Waals surface area contributed by atoms with Crippen LogP contribution in [-0.4, -0.2) is 55.5 Å². The van der Waals surface area contributed by atoms with Gasteiger partial charge in [-0.05, 0) is 25.7 Å². The van der Waals surface area contributed by atoms with Crippen LogP contribution in [0.15, 0.2) is 0 Å². The van der Waals surface area contributed by atoms with Crippen LogP contribution in [0.2, 0.25) is 0 Å². The summed E-state index contributed by atoms with van der Waals surface area (Å²) in [6.45, 7) is -1.10. The zero-order chi connectivity index (χ0) is 22.7. The number of halogens is 10. The molecule has 0 aromatic heterocycles. The Bertz CT molecular complexity index is 580. The van der Waals surface area contributed by atoms with Gasteiger partial charge in [0.25, 0.3) is 0 Å². The van der Waals surface area contributed by atoms with Crippen molar-refractivity contribution in [2.45, 2.75) is 62.5 Å². The van der Waals surface area contributed by atoms with E-state index in [1.165, 1.54) is 0 Å². The molecule has 29 heavy (non-hydrogen) atoms. The van der Waals surface area contributed by atoms with E-state index in [2.05, 4.69) is 14.2 Å². The summed E-state index contributed by atoms with van der Waals surface area (Å²) in [7, 11) is 0. The molecule has 1 saturated carbocycles. The molecule has 1 aliphatic carbocycles. The minimum Gasteiger partial charge on any atom is -0.432 e. The second-order valence-electron chi connectivity index (χ2n) is 5.65. The largest absolute Gasteiger partial charge is 0.496 e. The highest BCUT2D eigenvalue weighted by Crippen LogP contribution is 2.40. The van der Waals surface area contributed by atoms with Crippen LogP contribution in [0.4, 0.5) is 43.9 Å². The van der Waals surface area contributed by atoms with Crippen molar-refractivity contribution in [3.8, 4) is 0 Å². The summed E-state index contributed by atoms with van der Waals surface area (Å²) < 4.78 is 139. The van der Waals surface area contributed by atoms with E-state index in [0.29, 0.717) is 0 Å². The lowest BCUT2D eigenvalue weighted by Gasteiger charge is -2.33. The van der Waals surface area contributed by atoms with E-state index in [4.69, 9.17) is 4.74 Å². The Kier molecular flexibility index (Phi) is 7.72. The first-order chi connectivity index (χ1) is 13.0. The van der Waals surface area contributed by atoms with E-state index in [1.54, 1.807) is 0 Å². The Morgan fingerprint density at radius 3 is 1.59 bits per heavy atom. The minimum absolute atomic E-state index is 0.196. The summed E-state index contributed by atoms with van der Waals surface area (Å²) in [6, 6.07) is 0. The molecule has 0 atom stereocenters. The van der Waals surface area contributed by atoms with E-state index in [1.807, 2.05) is 0 Å². The summed E-state index contributed by atoms with van der Waals surface area (Å²) in [6.07, 6.45) is -26.4. The van der Waals surface area contributed by atoms with Crippen molar-refractivity contribution in [2.24, 2.45) is 0 Å². The van der Waals surface area contributed by atoms with E-state index < -0.39 is 68.4 Å². The van der Waals surface area contributed by atoms with E-state index >= 15 is 0 Å². The molecule has 1 rings (SSSR count). The van der Waals surface area contributed by atoms with Crippen LogP contribution in [0.3, 0.4) is 0 Å². The molecule has 0 N–H and O–H groups in total. The van der Waals surface area contributed by atoms with Crippen LogP contribution in [0, 0.1) is 0 Å². The molecule has 0 aromatic carbocycles. The van der Waals surface area contributed by atoms with Crippen LogP contribution < -0.4 is 0 Å². The summed E-state index contributed by atoms with van der Waals surface area (Å²) in [4.78, 5) is 20.8. The summed E-state index contributed by atoms with van der Waals surface area (Å²) in [5.41, 5.74) is 0. The van der Waals surface area contributed by atoms with E-state index in [0.717, 1.165) is 0 Å². The maximum Gasteiger partial charge on any atom is 0.496 e. The first-order valence-corrected chi connectivity index (χ1v) is 7.55. The van der Waals surface area contributed by atoms with Gasteiger partial charge in [0.15, 0.2) is 6.79 Å². The SMILES string of the molecule is O=C(OCOC1CCC(OC(F)(F)C(F)(F)OC(=O)C(F)(F)F)CC1)C(F)(F)F. The normalized spacial score (nSPS) is 21.6. The molecule has 0 unspecified atom stereocenters. The molecule has 1 fully saturated rings. The first-order valence-electron chi connectivity index (χ1n) is 7.55. The highest BCUT2D eigenvalue weighted by Gasteiger charge is 2.65. The summed E-state index contributed by atoms with van der Waals surface area (Å²) in [5.74, 6) is -6.07. The van der Waals surface area contributed by atoms with E-state index in [-0.39, 0.29) is 12.8 Å². The molecule has 0 amide bonds. The molecule has 0 bridgehead atoms. The van der Waals surface area contributed by atoms with Crippen molar-refractivity contribution in [3.63, 3.8) is 0 Å². The van der Waals surface area contributed by atoms with Crippen LogP contribution >= 0.6 is 0 Å². The molecule has 1 aliphatic rings. The lowest BCUT2D eigenvalue weighted by molar-refractivity contribution is -0.432. The molecular formula is C13H12F10O6. The zero-order valence-electron chi connectivity index (χ0n) is 13.9. The third-order valence-corrected chi connectivity index (χ3v) is 3.45. The van der Waals surface area contributed by atoms with Gasteiger partial charge in [0.2, 0.25) is 0 Å². The van der Waals surface area contributed by atoms with E-state index in [9.17, 15) is 53.5 Å². The van der Waals surface area contributed by atoms with Gasteiger partial charge in [0, 0.05) is 0 Å². The van der Waals surface area contributed by atoms with Gasteiger partial charge in [-0.2, -0.15) is 43.9 Å². The van der Waals surface area contributed by atoms with Crippen LogP contribution in [0.1, 0.15) is 25.7 Å². The number of hydrogen-bond donors (Lipinski definition) is 0. The average molecular weight is 454 g/mol. The Hall–Kier alpha value is -1.84. The number of carbonyl (C=O) groups is 2. The predicted molar refractivity (Wildman–Crippen MR) is 67.3 cm³/mol. The van der Waals surface area contributed by atoms with Gasteiger partial charge in [-0.3, -0.25) is 0 Å². The molecule has 170 valence electrons. The standard InChI is InChI=1S/C13H12F10O6/c14-10(15,16)8(24)27-5-26-6-1-3-7(4-2-6)28-12(20,21)13(22,23)29-9(25)11(17,18)19/h6-7H,1-5H2. The fraction of sp³-hybridized carbons (Fsp3) is 0.846. The number of alkyl halides is 10. The lowest BCUT2D eigenvalue weighted by Crippen LogP contribution is -2.50. The fourth-order valence-corrected chi connectivity index (χ4v) is 2.09. The maximum atomic E-state index is 13.4. The molecule has 0 aliphatic heterocycles. The monoisotopic (exact) mass is 454 g/mol. The Labute approximate surface area is 155 Å². The fourth-order valence-electron chi connectivity index (χ4n) is 2.09. The third-order valence-electron chi connectivity index (χ3n) is 3.45. The molecule has 0 aromatic rings. The topological polar surface area (TPSA) is 71.1 Å². The summed E-state index contributed by atoms with van der Waals surface area (Å²) >= 11 is 0. The number of esters is 2. The van der Waals surface area contributed by atoms with Crippen LogP contribution in [-0.2, 0) is 28.5 Å². The number of hydrogen-bond acceptors (Lipinski definition) is 6. The lowest BCUT2D eigenvalue weighted by atomic mass is 9.95. The molecular weight excluding hydrogens is 442 g/mol. The Morgan fingerprint density at radius 1 is 0.690 bits per heavy atom. The minimum atomic E-state index is -5.94. The Balaban J connectivity index is 2.48. The third kappa shape index (κ3) is 7.49. The van der Waals surface area contributed by atoms with Gasteiger partial charge >= 0.3 is 36.5 Å². The highest BCUT2D eigenvalue weighted by molar-refractivity contribution is 5.76. The van der Waals surface area contributed by atoms with Crippen molar-refractivity contribution in [2.75, 3.05) is 6.79 Å². The first kappa shape index (κ1) is 25.2. The predicted octanol–water partition coefficient (Wildman–Crippen LogP) is 3.68. The second kappa shape index (κ2) is 8.89. The smallest absolute Gasteiger partial charge is 0.432 e. The van der Waals surface area contributed by atoms with Gasteiger partial charge in [0.1, 0.15) is 0 Å². The van der Waals surface area contributed by atoms with Gasteiger partial charge in [-0.1, -0.05) is 0 Å². The number of ether oxygens (including phenoxy) is 4. The van der Waals surface area contributed by atoms with Crippen molar-refractivity contribution in [1.29, 1.82) is 0 Å². The molecule has 0 spiro atoms. The van der Waals surface area contributed by atoms with Gasteiger partial charge in [-0.25, -0.2) is 9.59 Å². The second-order valence-corrected chi connectivity index (χ2v) is 5.65. The molecule has 16 heteroatoms. The quantitative estimate of drug-likeness (QED) is 0.332. The van der Waals surface area contributed by atoms with Crippen molar-refractivity contribution >= 4 is 11.9 Å². The maximum absolute atomic E-state index is 13.4. The highest BCUT2D eigenvalue weighted by atomic mass is 19.4. The molecule has 0 saturated heterocycles. The molecule has 0 heterocycles. The van der Waals surface area contributed by atoms with Crippen LogP contribution in [0.5, 0.6) is 0 Å². The van der Waals surface area contributed by atoms with Crippen LogP contribution in [0.25, 0.3) is 0 Å². The van der Waals surface area contributed by atoms with Crippen molar-refractivity contribution in [3.05, 3.63) is 0 Å². The van der Waals surface area contributed by atoms with Crippen molar-refractivity contribution in [1.82, 2.24) is 0 Å². The van der Waals surface area contributed by atoms with Crippen molar-refractivity contribution < 1.29 is 72.4 Å². The van der Waals surface area contributed by atoms with Gasteiger partial charge in [-0.15, -0.1) is 0 Å². The molecule has 0 radical (unpaired) electrons. The summed E-state index contributed by atoms with van der Waals surface area (Å²) in [5, 5.41) is 0. The zero-order valence-corrected chi connectivity index (χ0v) is 13.9. The van der Waals surface area contributed by atoms with Gasteiger partial charge in [0.05, 0.1) is 12.2 Å². The average Bonchev–Trinajstić information content (AvgIpc) is 2.53. The number of carbonyl (C=O) groups excluding carboxylic acids is 2. The van der Waals surface area contributed by atoms with Gasteiger partial charge < -0.3 is 18.9 Å². The number of rotatable bonds is 7. The molecule has 6 nitrogen and oxygen atoms in total. The Morgan fingerprint density at radius 2 is 1.14 bits per heavy atom.